The summed E-state index contributed by atoms with van der Waals surface area (Å²) >= 11 is 6.05. The van der Waals surface area contributed by atoms with Crippen LogP contribution >= 0.6 is 11.6 Å². The molecule has 0 bridgehead atoms. The van der Waals surface area contributed by atoms with Crippen molar-refractivity contribution < 1.29 is 9.90 Å². The summed E-state index contributed by atoms with van der Waals surface area (Å²) in [5, 5.41) is 9.36. The van der Waals surface area contributed by atoms with Crippen molar-refractivity contribution in [3.8, 4) is 5.69 Å². The number of hydrogen-bond acceptors (Lipinski definition) is 2. The van der Waals surface area contributed by atoms with E-state index in [0.717, 1.165) is 36.0 Å². The van der Waals surface area contributed by atoms with E-state index < -0.39 is 5.97 Å². The molecule has 0 fully saturated rings. The maximum atomic E-state index is 10.7. The lowest BCUT2D eigenvalue weighted by Crippen LogP contribution is -2.02. The van der Waals surface area contributed by atoms with Gasteiger partial charge in [0.2, 0.25) is 0 Å². The molecular weight excluding hydrogens is 276 g/mol. The Morgan fingerprint density at radius 1 is 1.50 bits per heavy atom. The van der Waals surface area contributed by atoms with Crippen molar-refractivity contribution in [1.82, 2.24) is 9.55 Å². The maximum Gasteiger partial charge on any atom is 0.328 e. The van der Waals surface area contributed by atoms with Gasteiger partial charge in [-0.1, -0.05) is 24.6 Å². The van der Waals surface area contributed by atoms with Crippen molar-refractivity contribution in [2.45, 2.75) is 19.8 Å². The molecule has 0 aliphatic heterocycles. The Kier molecular flexibility index (Phi) is 4.58. The summed E-state index contributed by atoms with van der Waals surface area (Å²) in [5.41, 5.74) is 1.61. The molecule has 0 unspecified atom stereocenters. The molecule has 0 saturated carbocycles. The second-order valence-corrected chi connectivity index (χ2v) is 4.77. The highest BCUT2D eigenvalue weighted by molar-refractivity contribution is 6.30. The Morgan fingerprint density at radius 3 is 3.00 bits per heavy atom. The third kappa shape index (κ3) is 3.27. The van der Waals surface area contributed by atoms with Crippen LogP contribution in [0.4, 0.5) is 0 Å². The molecule has 0 aliphatic carbocycles. The molecule has 0 spiro atoms. The van der Waals surface area contributed by atoms with Crippen molar-refractivity contribution in [2.24, 2.45) is 0 Å². The van der Waals surface area contributed by atoms with E-state index in [2.05, 4.69) is 11.9 Å². The zero-order valence-electron chi connectivity index (χ0n) is 11.1. The molecule has 0 amide bonds. The van der Waals surface area contributed by atoms with E-state index in [-0.39, 0.29) is 0 Å². The van der Waals surface area contributed by atoms with Crippen LogP contribution in [0.5, 0.6) is 0 Å². The van der Waals surface area contributed by atoms with Gasteiger partial charge in [0.05, 0.1) is 5.69 Å². The van der Waals surface area contributed by atoms with Crippen LogP contribution in [0, 0.1) is 0 Å². The molecule has 0 atom stereocenters. The zero-order chi connectivity index (χ0) is 14.5. The number of aromatic nitrogens is 2. The number of carboxylic acid groups (broad SMARTS) is 1. The zero-order valence-corrected chi connectivity index (χ0v) is 11.8. The van der Waals surface area contributed by atoms with Gasteiger partial charge >= 0.3 is 5.97 Å². The standard InChI is InChI=1S/C15H15ClN2O2/c1-2-3-14-17-8-9-18(14)13-10-12(16)6-4-11(13)5-7-15(19)20/h4-10H,2-3H2,1H3,(H,19,20)/b7-5+. The summed E-state index contributed by atoms with van der Waals surface area (Å²) < 4.78 is 1.94. The Morgan fingerprint density at radius 2 is 2.30 bits per heavy atom. The second kappa shape index (κ2) is 6.39. The van der Waals surface area contributed by atoms with E-state index in [9.17, 15) is 4.79 Å². The van der Waals surface area contributed by atoms with Crippen LogP contribution in [0.2, 0.25) is 5.02 Å². The van der Waals surface area contributed by atoms with Gasteiger partial charge in [-0.2, -0.15) is 0 Å². The minimum Gasteiger partial charge on any atom is -0.478 e. The lowest BCUT2D eigenvalue weighted by Gasteiger charge is -2.11. The number of rotatable bonds is 5. The van der Waals surface area contributed by atoms with Crippen molar-refractivity contribution >= 4 is 23.6 Å². The average Bonchev–Trinajstić information content (AvgIpc) is 2.85. The minimum absolute atomic E-state index is 0.601. The van der Waals surface area contributed by atoms with E-state index in [0.29, 0.717) is 5.02 Å². The van der Waals surface area contributed by atoms with Gasteiger partial charge in [-0.15, -0.1) is 0 Å². The van der Waals surface area contributed by atoms with Crippen molar-refractivity contribution in [3.63, 3.8) is 0 Å². The van der Waals surface area contributed by atoms with Gasteiger partial charge < -0.3 is 9.67 Å². The summed E-state index contributed by atoms with van der Waals surface area (Å²) in [7, 11) is 0. The maximum absolute atomic E-state index is 10.7. The van der Waals surface area contributed by atoms with Crippen LogP contribution in [0.15, 0.2) is 36.7 Å². The van der Waals surface area contributed by atoms with E-state index >= 15 is 0 Å². The number of imidazole rings is 1. The molecule has 104 valence electrons. The highest BCUT2D eigenvalue weighted by Gasteiger charge is 2.08. The fraction of sp³-hybridized carbons (Fsp3) is 0.200. The van der Waals surface area contributed by atoms with Crippen LogP contribution in [0.1, 0.15) is 24.7 Å². The molecule has 2 aromatic rings. The molecule has 1 heterocycles. The number of nitrogens with zero attached hydrogens (tertiary/aromatic N) is 2. The fourth-order valence-electron chi connectivity index (χ4n) is 1.99. The SMILES string of the molecule is CCCc1nccn1-c1cc(Cl)ccc1/C=C/C(=O)O. The quantitative estimate of drug-likeness (QED) is 0.856. The predicted octanol–water partition coefficient (Wildman–Crippen LogP) is 3.58. The molecule has 5 heteroatoms. The number of aryl methyl sites for hydroxylation is 1. The van der Waals surface area contributed by atoms with Gasteiger partial charge in [0.1, 0.15) is 5.82 Å². The Hall–Kier alpha value is -2.07. The highest BCUT2D eigenvalue weighted by Crippen LogP contribution is 2.23. The molecule has 20 heavy (non-hydrogen) atoms. The Bertz CT molecular complexity index is 647. The summed E-state index contributed by atoms with van der Waals surface area (Å²) in [4.78, 5) is 15.0. The first-order valence-electron chi connectivity index (χ1n) is 6.35. The van der Waals surface area contributed by atoms with Crippen molar-refractivity contribution in [3.05, 3.63) is 53.1 Å². The molecule has 1 N–H and O–H groups in total. The highest BCUT2D eigenvalue weighted by atomic mass is 35.5. The molecule has 0 aliphatic rings. The number of carbonyl (C=O) groups is 1. The number of benzene rings is 1. The number of aliphatic carboxylic acids is 1. The fourth-order valence-corrected chi connectivity index (χ4v) is 2.16. The molecule has 0 radical (unpaired) electrons. The monoisotopic (exact) mass is 290 g/mol. The van der Waals surface area contributed by atoms with Crippen LogP contribution in [-0.4, -0.2) is 20.6 Å². The Balaban J connectivity index is 2.51. The number of carboxylic acids is 1. The molecule has 1 aromatic carbocycles. The topological polar surface area (TPSA) is 55.1 Å². The molecule has 1 aromatic heterocycles. The smallest absolute Gasteiger partial charge is 0.328 e. The first-order chi connectivity index (χ1) is 9.61. The third-order valence-electron chi connectivity index (χ3n) is 2.85. The molecule has 2 rings (SSSR count). The van der Waals surface area contributed by atoms with E-state index in [1.807, 2.05) is 16.8 Å². The van der Waals surface area contributed by atoms with Gasteiger partial charge in [0.15, 0.2) is 0 Å². The van der Waals surface area contributed by atoms with Gasteiger partial charge in [-0.05, 0) is 30.2 Å². The van der Waals surface area contributed by atoms with Gasteiger partial charge in [-0.3, -0.25) is 0 Å². The lowest BCUT2D eigenvalue weighted by molar-refractivity contribution is -0.131. The van der Waals surface area contributed by atoms with E-state index in [1.54, 1.807) is 24.4 Å². The van der Waals surface area contributed by atoms with Gasteiger partial charge in [0.25, 0.3) is 0 Å². The first-order valence-corrected chi connectivity index (χ1v) is 6.72. The van der Waals surface area contributed by atoms with Crippen LogP contribution < -0.4 is 0 Å². The Labute approximate surface area is 122 Å². The molecule has 0 saturated heterocycles. The van der Waals surface area contributed by atoms with Gasteiger partial charge in [-0.25, -0.2) is 9.78 Å². The summed E-state index contributed by atoms with van der Waals surface area (Å²) in [6, 6.07) is 5.35. The van der Waals surface area contributed by atoms with E-state index in [1.165, 1.54) is 0 Å². The number of halogens is 1. The summed E-state index contributed by atoms with van der Waals surface area (Å²) in [6.07, 6.45) is 8.09. The lowest BCUT2D eigenvalue weighted by atomic mass is 10.1. The predicted molar refractivity (Wildman–Crippen MR) is 79.2 cm³/mol. The van der Waals surface area contributed by atoms with Crippen LogP contribution in [0.25, 0.3) is 11.8 Å². The van der Waals surface area contributed by atoms with Gasteiger partial charge in [0, 0.05) is 29.9 Å². The minimum atomic E-state index is -0.981. The van der Waals surface area contributed by atoms with Crippen LogP contribution in [0.3, 0.4) is 0 Å². The van der Waals surface area contributed by atoms with Crippen molar-refractivity contribution in [1.29, 1.82) is 0 Å². The van der Waals surface area contributed by atoms with Crippen molar-refractivity contribution in [2.75, 3.05) is 0 Å². The molecular formula is C15H15ClN2O2. The normalized spacial score (nSPS) is 11.1. The summed E-state index contributed by atoms with van der Waals surface area (Å²) in [6.45, 7) is 2.09. The van der Waals surface area contributed by atoms with Crippen LogP contribution in [-0.2, 0) is 11.2 Å². The molecule has 4 nitrogen and oxygen atoms in total. The summed E-state index contributed by atoms with van der Waals surface area (Å²) in [5.74, 6) is -0.0509. The number of hydrogen-bond donors (Lipinski definition) is 1. The first kappa shape index (κ1) is 14.3. The second-order valence-electron chi connectivity index (χ2n) is 4.34. The average molecular weight is 291 g/mol. The third-order valence-corrected chi connectivity index (χ3v) is 3.08. The largest absolute Gasteiger partial charge is 0.478 e. The van der Waals surface area contributed by atoms with E-state index in [4.69, 9.17) is 16.7 Å².